The fraction of sp³-hybridized carbons (Fsp3) is 0.292. The molecule has 1 amide bonds. The molecule has 1 fully saturated rings. The third-order valence-corrected chi connectivity index (χ3v) is 5.30. The molecule has 6 nitrogen and oxygen atoms in total. The highest BCUT2D eigenvalue weighted by atomic mass is 16.5. The van der Waals surface area contributed by atoms with E-state index >= 15 is 0 Å². The Morgan fingerprint density at radius 2 is 1.50 bits per heavy atom. The smallest absolute Gasteiger partial charge is 0.337 e. The van der Waals surface area contributed by atoms with Crippen LogP contribution in [0.25, 0.3) is 6.08 Å². The largest absolute Gasteiger partial charge is 0.497 e. The number of esters is 1. The van der Waals surface area contributed by atoms with E-state index in [1.807, 2.05) is 0 Å². The summed E-state index contributed by atoms with van der Waals surface area (Å²) in [5.41, 5.74) is 1.96. The average Bonchev–Trinajstić information content (AvgIpc) is 2.82. The van der Waals surface area contributed by atoms with E-state index in [0.29, 0.717) is 37.1 Å². The van der Waals surface area contributed by atoms with Gasteiger partial charge in [-0.1, -0.05) is 12.1 Å². The highest BCUT2D eigenvalue weighted by molar-refractivity contribution is 5.98. The number of hydrogen-bond acceptors (Lipinski definition) is 5. The molecular formula is C24H25NO5. The molecule has 0 N–H and O–H groups in total. The van der Waals surface area contributed by atoms with Crippen LogP contribution in [0.15, 0.2) is 54.6 Å². The Kier molecular flexibility index (Phi) is 7.01. The maximum absolute atomic E-state index is 12.7. The van der Waals surface area contributed by atoms with Crippen LogP contribution in [0.1, 0.15) is 39.1 Å². The molecule has 0 bridgehead atoms. The van der Waals surface area contributed by atoms with Gasteiger partial charge in [-0.05, 0) is 60.9 Å². The molecule has 3 rings (SSSR count). The van der Waals surface area contributed by atoms with Gasteiger partial charge in [0.05, 0.1) is 19.8 Å². The minimum Gasteiger partial charge on any atom is -0.497 e. The molecule has 156 valence electrons. The van der Waals surface area contributed by atoms with Gasteiger partial charge in [0.15, 0.2) is 5.78 Å². The van der Waals surface area contributed by atoms with Crippen LogP contribution >= 0.6 is 0 Å². The summed E-state index contributed by atoms with van der Waals surface area (Å²) >= 11 is 0. The first kappa shape index (κ1) is 21.3. The van der Waals surface area contributed by atoms with Gasteiger partial charge in [0.25, 0.3) is 0 Å². The number of benzene rings is 2. The van der Waals surface area contributed by atoms with Crippen LogP contribution in [0.3, 0.4) is 0 Å². The number of rotatable bonds is 6. The number of ketones is 1. The number of likely N-dealkylation sites (tertiary alicyclic amines) is 1. The molecule has 0 saturated carbocycles. The van der Waals surface area contributed by atoms with Gasteiger partial charge in [0.1, 0.15) is 5.75 Å². The zero-order chi connectivity index (χ0) is 21.5. The van der Waals surface area contributed by atoms with Crippen LogP contribution in [0.2, 0.25) is 0 Å². The van der Waals surface area contributed by atoms with Gasteiger partial charge in [-0.2, -0.15) is 0 Å². The molecule has 1 heterocycles. The molecule has 2 aromatic carbocycles. The van der Waals surface area contributed by atoms with Crippen molar-refractivity contribution in [2.24, 2.45) is 5.92 Å². The molecule has 0 spiro atoms. The Labute approximate surface area is 176 Å². The molecule has 1 aliphatic heterocycles. The minimum atomic E-state index is -0.395. The third kappa shape index (κ3) is 5.14. The first-order valence-electron chi connectivity index (χ1n) is 9.85. The van der Waals surface area contributed by atoms with Crippen molar-refractivity contribution in [3.8, 4) is 5.75 Å². The van der Waals surface area contributed by atoms with Crippen molar-refractivity contribution < 1.29 is 23.9 Å². The van der Waals surface area contributed by atoms with Crippen molar-refractivity contribution in [2.45, 2.75) is 12.8 Å². The van der Waals surface area contributed by atoms with Crippen molar-refractivity contribution in [1.82, 2.24) is 4.90 Å². The molecule has 0 aromatic heterocycles. The van der Waals surface area contributed by atoms with Crippen molar-refractivity contribution >= 4 is 23.7 Å². The van der Waals surface area contributed by atoms with Crippen LogP contribution < -0.4 is 4.74 Å². The van der Waals surface area contributed by atoms with E-state index in [9.17, 15) is 14.4 Å². The molecule has 2 aromatic rings. The van der Waals surface area contributed by atoms with Gasteiger partial charge >= 0.3 is 5.97 Å². The Bertz CT molecular complexity index is 923. The van der Waals surface area contributed by atoms with Gasteiger partial charge in [-0.15, -0.1) is 0 Å². The topological polar surface area (TPSA) is 72.9 Å². The minimum absolute atomic E-state index is 0.0720. The Balaban J connectivity index is 1.52. The van der Waals surface area contributed by atoms with Crippen molar-refractivity contribution in [3.05, 3.63) is 71.3 Å². The molecular weight excluding hydrogens is 382 g/mol. The molecule has 6 heteroatoms. The zero-order valence-electron chi connectivity index (χ0n) is 17.2. The van der Waals surface area contributed by atoms with Crippen LogP contribution in [0, 0.1) is 5.92 Å². The number of methoxy groups -OCH3 is 2. The first-order chi connectivity index (χ1) is 14.5. The van der Waals surface area contributed by atoms with Gasteiger partial charge < -0.3 is 14.4 Å². The molecule has 0 aliphatic carbocycles. The highest BCUT2D eigenvalue weighted by Gasteiger charge is 2.27. The summed E-state index contributed by atoms with van der Waals surface area (Å²) < 4.78 is 9.80. The SMILES string of the molecule is COC(=O)c1ccc(/C=C/C(=O)N2CCC(C(=O)c3ccc(OC)cc3)CC2)cc1. The summed E-state index contributed by atoms with van der Waals surface area (Å²) in [7, 11) is 2.93. The average molecular weight is 407 g/mol. The van der Waals surface area contributed by atoms with E-state index in [2.05, 4.69) is 4.74 Å². The van der Waals surface area contributed by atoms with E-state index in [0.717, 1.165) is 11.3 Å². The lowest BCUT2D eigenvalue weighted by Gasteiger charge is -2.30. The predicted molar refractivity (Wildman–Crippen MR) is 113 cm³/mol. The van der Waals surface area contributed by atoms with Crippen LogP contribution in [-0.2, 0) is 9.53 Å². The monoisotopic (exact) mass is 407 g/mol. The number of nitrogens with zero attached hydrogens (tertiary/aromatic N) is 1. The van der Waals surface area contributed by atoms with Crippen LogP contribution in [0.5, 0.6) is 5.75 Å². The van der Waals surface area contributed by atoms with Gasteiger partial charge in [-0.25, -0.2) is 4.79 Å². The maximum atomic E-state index is 12.7. The summed E-state index contributed by atoms with van der Waals surface area (Å²) in [6.07, 6.45) is 4.55. The van der Waals surface area contributed by atoms with E-state index < -0.39 is 5.97 Å². The molecule has 30 heavy (non-hydrogen) atoms. The molecule has 1 saturated heterocycles. The fourth-order valence-electron chi connectivity index (χ4n) is 3.47. The van der Waals surface area contributed by atoms with Crippen molar-refractivity contribution in [1.29, 1.82) is 0 Å². The van der Waals surface area contributed by atoms with Gasteiger partial charge in [0.2, 0.25) is 5.91 Å². The van der Waals surface area contributed by atoms with E-state index in [1.165, 1.54) is 13.2 Å². The second kappa shape index (κ2) is 9.87. The second-order valence-corrected chi connectivity index (χ2v) is 7.14. The second-order valence-electron chi connectivity index (χ2n) is 7.14. The van der Waals surface area contributed by atoms with Gasteiger partial charge in [-0.3, -0.25) is 9.59 Å². The zero-order valence-corrected chi connectivity index (χ0v) is 17.2. The number of hydrogen-bond donors (Lipinski definition) is 0. The van der Waals surface area contributed by atoms with E-state index in [1.54, 1.807) is 66.6 Å². The summed E-state index contributed by atoms with van der Waals surface area (Å²) in [6, 6.07) is 14.0. The van der Waals surface area contributed by atoms with Crippen molar-refractivity contribution in [2.75, 3.05) is 27.3 Å². The number of piperidine rings is 1. The molecule has 0 unspecified atom stereocenters. The summed E-state index contributed by atoms with van der Waals surface area (Å²) in [4.78, 5) is 38.4. The number of carbonyl (C=O) groups excluding carboxylic acids is 3. The normalized spacial score (nSPS) is 14.5. The Morgan fingerprint density at radius 1 is 0.900 bits per heavy atom. The number of Topliss-reactive ketones (excluding diaryl/α,β-unsaturated/α-hetero) is 1. The summed E-state index contributed by atoms with van der Waals surface area (Å²) in [5, 5.41) is 0. The number of amides is 1. The van der Waals surface area contributed by atoms with Crippen LogP contribution in [0.4, 0.5) is 0 Å². The number of carbonyl (C=O) groups is 3. The quantitative estimate of drug-likeness (QED) is 0.415. The van der Waals surface area contributed by atoms with Crippen LogP contribution in [-0.4, -0.2) is 49.9 Å². The lowest BCUT2D eigenvalue weighted by Crippen LogP contribution is -2.39. The fourth-order valence-corrected chi connectivity index (χ4v) is 3.47. The van der Waals surface area contributed by atoms with E-state index in [4.69, 9.17) is 4.74 Å². The highest BCUT2D eigenvalue weighted by Crippen LogP contribution is 2.23. The van der Waals surface area contributed by atoms with E-state index in [-0.39, 0.29) is 17.6 Å². The van der Waals surface area contributed by atoms with Crippen molar-refractivity contribution in [3.63, 3.8) is 0 Å². The van der Waals surface area contributed by atoms with Gasteiger partial charge in [0, 0.05) is 30.6 Å². The Hall–Kier alpha value is -3.41. The molecule has 0 radical (unpaired) electrons. The number of ether oxygens (including phenoxy) is 2. The molecule has 0 atom stereocenters. The third-order valence-electron chi connectivity index (χ3n) is 5.30. The molecule has 1 aliphatic rings. The Morgan fingerprint density at radius 3 is 2.07 bits per heavy atom. The lowest BCUT2D eigenvalue weighted by atomic mass is 9.89. The lowest BCUT2D eigenvalue weighted by molar-refractivity contribution is -0.127. The summed E-state index contributed by atoms with van der Waals surface area (Å²) in [5.74, 6) is 0.290. The predicted octanol–water partition coefficient (Wildman–Crippen LogP) is 3.62. The first-order valence-corrected chi connectivity index (χ1v) is 9.85. The maximum Gasteiger partial charge on any atom is 0.337 e. The standard InChI is InChI=1S/C24H25NO5/c1-29-21-10-8-18(9-11-21)23(27)19-13-15-25(16-14-19)22(26)12-5-17-3-6-20(7-4-17)24(28)30-2/h3-12,19H,13-16H2,1-2H3/b12-5+. The summed E-state index contributed by atoms with van der Waals surface area (Å²) in [6.45, 7) is 1.11.